The Morgan fingerprint density at radius 1 is 1.40 bits per heavy atom. The molecule has 7 nitrogen and oxygen atoms in total. The normalized spacial score (nSPS) is 18.5. The minimum Gasteiger partial charge on any atom is -0.319 e. The lowest BCUT2D eigenvalue weighted by Gasteiger charge is -2.30. The van der Waals surface area contributed by atoms with E-state index < -0.39 is 10.2 Å². The van der Waals surface area contributed by atoms with Gasteiger partial charge >= 0.3 is 0 Å². The highest BCUT2D eigenvalue weighted by Crippen LogP contribution is 2.18. The monoisotopic (exact) mass is 301 g/mol. The van der Waals surface area contributed by atoms with E-state index in [0.29, 0.717) is 19.0 Å². The first-order valence-electron chi connectivity index (χ1n) is 6.89. The van der Waals surface area contributed by atoms with Crippen LogP contribution in [0.4, 0.5) is 0 Å². The SMILES string of the molecule is CNCC1CCN(S(=O)(=O)NCc2ccn(C)n2)CC1. The number of aromatic nitrogens is 2. The van der Waals surface area contributed by atoms with Crippen LogP contribution in [0.15, 0.2) is 12.3 Å². The second-order valence-corrected chi connectivity index (χ2v) is 6.96. The highest BCUT2D eigenvalue weighted by Gasteiger charge is 2.27. The van der Waals surface area contributed by atoms with Gasteiger partial charge in [0.1, 0.15) is 0 Å². The van der Waals surface area contributed by atoms with Crippen molar-refractivity contribution in [3.63, 3.8) is 0 Å². The van der Waals surface area contributed by atoms with Gasteiger partial charge in [-0.1, -0.05) is 0 Å². The molecule has 2 N–H and O–H groups in total. The molecule has 0 aliphatic carbocycles. The van der Waals surface area contributed by atoms with Crippen LogP contribution in [0, 0.1) is 5.92 Å². The van der Waals surface area contributed by atoms with Gasteiger partial charge in [0.2, 0.25) is 0 Å². The molecule has 0 spiro atoms. The van der Waals surface area contributed by atoms with Crippen molar-refractivity contribution in [3.05, 3.63) is 18.0 Å². The highest BCUT2D eigenvalue weighted by molar-refractivity contribution is 7.87. The Labute approximate surface area is 120 Å². The summed E-state index contributed by atoms with van der Waals surface area (Å²) < 4.78 is 30.2. The van der Waals surface area contributed by atoms with E-state index in [0.717, 1.165) is 25.1 Å². The molecule has 0 aromatic carbocycles. The fourth-order valence-corrected chi connectivity index (χ4v) is 3.66. The second-order valence-electron chi connectivity index (χ2n) is 5.21. The Bertz CT molecular complexity index is 520. The lowest BCUT2D eigenvalue weighted by molar-refractivity contribution is 0.268. The largest absolute Gasteiger partial charge is 0.319 e. The summed E-state index contributed by atoms with van der Waals surface area (Å²) in [5.41, 5.74) is 0.723. The van der Waals surface area contributed by atoms with Gasteiger partial charge in [0.05, 0.1) is 12.2 Å². The predicted molar refractivity (Wildman–Crippen MR) is 77.2 cm³/mol. The summed E-state index contributed by atoms with van der Waals surface area (Å²) in [6.07, 6.45) is 3.61. The molecule has 0 radical (unpaired) electrons. The zero-order valence-electron chi connectivity index (χ0n) is 12.0. The van der Waals surface area contributed by atoms with Gasteiger partial charge in [-0.25, -0.2) is 0 Å². The van der Waals surface area contributed by atoms with E-state index in [1.807, 2.05) is 20.2 Å². The summed E-state index contributed by atoms with van der Waals surface area (Å²) in [7, 11) is 0.341. The molecule has 1 aliphatic heterocycles. The molecular weight excluding hydrogens is 278 g/mol. The van der Waals surface area contributed by atoms with Gasteiger partial charge in [-0.15, -0.1) is 0 Å². The Kier molecular flexibility index (Phi) is 5.14. The van der Waals surface area contributed by atoms with Gasteiger partial charge < -0.3 is 5.32 Å². The van der Waals surface area contributed by atoms with Crippen LogP contribution in [-0.2, 0) is 23.8 Å². The van der Waals surface area contributed by atoms with Crippen LogP contribution in [0.2, 0.25) is 0 Å². The number of hydrogen-bond donors (Lipinski definition) is 2. The molecule has 2 heterocycles. The molecule has 1 aliphatic rings. The van der Waals surface area contributed by atoms with Crippen LogP contribution in [0.3, 0.4) is 0 Å². The third-order valence-corrected chi connectivity index (χ3v) is 5.16. The molecule has 1 aromatic heterocycles. The quantitative estimate of drug-likeness (QED) is 0.755. The first-order chi connectivity index (χ1) is 9.51. The van der Waals surface area contributed by atoms with Gasteiger partial charge in [-0.2, -0.15) is 22.5 Å². The van der Waals surface area contributed by atoms with E-state index in [1.54, 1.807) is 10.9 Å². The summed E-state index contributed by atoms with van der Waals surface area (Å²) in [5.74, 6) is 0.572. The van der Waals surface area contributed by atoms with Crippen LogP contribution in [0.25, 0.3) is 0 Å². The number of nitrogens with one attached hydrogen (secondary N) is 2. The molecule has 0 atom stereocenters. The Balaban J connectivity index is 1.85. The van der Waals surface area contributed by atoms with Crippen molar-refractivity contribution in [3.8, 4) is 0 Å². The highest BCUT2D eigenvalue weighted by atomic mass is 32.2. The summed E-state index contributed by atoms with van der Waals surface area (Å²) in [6.45, 7) is 2.36. The van der Waals surface area contributed by atoms with Gasteiger partial charge in [0.25, 0.3) is 10.2 Å². The third-order valence-electron chi connectivity index (χ3n) is 3.61. The van der Waals surface area contributed by atoms with E-state index in [9.17, 15) is 8.42 Å². The molecular formula is C12H23N5O2S. The first-order valence-corrected chi connectivity index (χ1v) is 8.33. The average Bonchev–Trinajstić information content (AvgIpc) is 2.84. The van der Waals surface area contributed by atoms with E-state index in [-0.39, 0.29) is 6.54 Å². The summed E-state index contributed by atoms with van der Waals surface area (Å²) >= 11 is 0. The van der Waals surface area contributed by atoms with Crippen molar-refractivity contribution in [2.45, 2.75) is 19.4 Å². The summed E-state index contributed by atoms with van der Waals surface area (Å²) in [5, 5.41) is 7.30. The fourth-order valence-electron chi connectivity index (χ4n) is 2.46. The lowest BCUT2D eigenvalue weighted by Crippen LogP contribution is -2.45. The number of hydrogen-bond acceptors (Lipinski definition) is 4. The molecule has 1 saturated heterocycles. The topological polar surface area (TPSA) is 79.3 Å². The minimum atomic E-state index is -3.40. The predicted octanol–water partition coefficient (Wildman–Crippen LogP) is -0.314. The minimum absolute atomic E-state index is 0.236. The van der Waals surface area contributed by atoms with E-state index in [2.05, 4.69) is 15.1 Å². The van der Waals surface area contributed by atoms with Gasteiger partial charge in [0, 0.05) is 26.3 Å². The number of piperidine rings is 1. The molecule has 114 valence electrons. The Morgan fingerprint density at radius 3 is 2.65 bits per heavy atom. The smallest absolute Gasteiger partial charge is 0.279 e. The van der Waals surface area contributed by atoms with Crippen molar-refractivity contribution < 1.29 is 8.42 Å². The van der Waals surface area contributed by atoms with Gasteiger partial charge in [-0.05, 0) is 38.4 Å². The van der Waals surface area contributed by atoms with Crippen molar-refractivity contribution >= 4 is 10.2 Å². The summed E-state index contributed by atoms with van der Waals surface area (Å²) in [6, 6.07) is 1.81. The zero-order chi connectivity index (χ0) is 14.6. The molecule has 1 aromatic rings. The average molecular weight is 301 g/mol. The van der Waals surface area contributed by atoms with Crippen molar-refractivity contribution in [1.82, 2.24) is 24.1 Å². The van der Waals surface area contributed by atoms with Crippen molar-refractivity contribution in [2.75, 3.05) is 26.7 Å². The van der Waals surface area contributed by atoms with Gasteiger partial charge in [0.15, 0.2) is 0 Å². The Morgan fingerprint density at radius 2 is 2.10 bits per heavy atom. The van der Waals surface area contributed by atoms with Crippen molar-refractivity contribution in [1.29, 1.82) is 0 Å². The molecule has 0 amide bonds. The second kappa shape index (κ2) is 6.66. The number of nitrogens with zero attached hydrogens (tertiary/aromatic N) is 3. The first kappa shape index (κ1) is 15.4. The summed E-state index contributed by atoms with van der Waals surface area (Å²) in [4.78, 5) is 0. The van der Waals surface area contributed by atoms with Crippen LogP contribution >= 0.6 is 0 Å². The molecule has 2 rings (SSSR count). The zero-order valence-corrected chi connectivity index (χ0v) is 12.9. The fraction of sp³-hybridized carbons (Fsp3) is 0.750. The lowest BCUT2D eigenvalue weighted by atomic mass is 9.98. The third kappa shape index (κ3) is 4.02. The number of rotatable bonds is 6. The van der Waals surface area contributed by atoms with Crippen LogP contribution in [-0.4, -0.2) is 49.2 Å². The van der Waals surface area contributed by atoms with E-state index in [1.165, 1.54) is 4.31 Å². The van der Waals surface area contributed by atoms with Crippen LogP contribution < -0.4 is 10.0 Å². The molecule has 8 heteroatoms. The maximum atomic E-state index is 12.2. The standard InChI is InChI=1S/C12H23N5O2S/c1-13-9-11-3-7-17(8-4-11)20(18,19)14-10-12-5-6-16(2)15-12/h5-6,11,13-14H,3-4,7-10H2,1-2H3. The number of aryl methyl sites for hydroxylation is 1. The van der Waals surface area contributed by atoms with E-state index >= 15 is 0 Å². The molecule has 0 saturated carbocycles. The van der Waals surface area contributed by atoms with Crippen molar-refractivity contribution in [2.24, 2.45) is 13.0 Å². The molecule has 0 unspecified atom stereocenters. The van der Waals surface area contributed by atoms with E-state index in [4.69, 9.17) is 0 Å². The van der Waals surface area contributed by atoms with Crippen LogP contribution in [0.1, 0.15) is 18.5 Å². The molecule has 1 fully saturated rings. The Hall–Kier alpha value is -0.960. The van der Waals surface area contributed by atoms with Crippen LogP contribution in [0.5, 0.6) is 0 Å². The molecule has 20 heavy (non-hydrogen) atoms. The van der Waals surface area contributed by atoms with Gasteiger partial charge in [-0.3, -0.25) is 4.68 Å². The maximum absolute atomic E-state index is 12.2. The maximum Gasteiger partial charge on any atom is 0.279 e. The molecule has 0 bridgehead atoms.